The first kappa shape index (κ1) is 13.2. The summed E-state index contributed by atoms with van der Waals surface area (Å²) in [7, 11) is 0. The van der Waals surface area contributed by atoms with Crippen LogP contribution in [0.5, 0.6) is 0 Å². The van der Waals surface area contributed by atoms with Crippen LogP contribution in [0.4, 0.5) is 4.39 Å². The van der Waals surface area contributed by atoms with E-state index < -0.39 is 0 Å². The van der Waals surface area contributed by atoms with E-state index in [1.54, 1.807) is 19.1 Å². The second-order valence-corrected chi connectivity index (χ2v) is 4.24. The molecule has 88 valence electrons. The second-order valence-electron chi connectivity index (χ2n) is 3.39. The van der Waals surface area contributed by atoms with Crippen molar-refractivity contribution in [3.63, 3.8) is 0 Å². The highest BCUT2D eigenvalue weighted by molar-refractivity contribution is 9.10. The third-order valence-corrected chi connectivity index (χ3v) is 2.97. The maximum atomic E-state index is 13.3. The van der Waals surface area contributed by atoms with Crippen LogP contribution in [0.15, 0.2) is 22.7 Å². The summed E-state index contributed by atoms with van der Waals surface area (Å²) in [5.41, 5.74) is 0.654. The zero-order valence-electron chi connectivity index (χ0n) is 9.30. The molecule has 0 spiro atoms. The molecule has 2 nitrogen and oxygen atoms in total. The minimum absolute atomic E-state index is 0.299. The first-order valence-corrected chi connectivity index (χ1v) is 6.01. The van der Waals surface area contributed by atoms with E-state index in [1.807, 2.05) is 6.92 Å². The van der Waals surface area contributed by atoms with Crippen molar-refractivity contribution in [3.8, 4) is 0 Å². The molecule has 1 aromatic rings. The summed E-state index contributed by atoms with van der Waals surface area (Å²) >= 11 is 3.08. The summed E-state index contributed by atoms with van der Waals surface area (Å²) in [6, 6.07) is 4.71. The second kappa shape index (κ2) is 5.99. The van der Waals surface area contributed by atoms with Gasteiger partial charge in [-0.15, -0.1) is 0 Å². The fourth-order valence-corrected chi connectivity index (χ4v) is 1.76. The quantitative estimate of drug-likeness (QED) is 0.791. The number of benzene rings is 1. The molecule has 0 aliphatic carbocycles. The van der Waals surface area contributed by atoms with Crippen LogP contribution in [-0.4, -0.2) is 12.6 Å². The maximum Gasteiger partial charge on any atom is 0.313 e. The third kappa shape index (κ3) is 3.04. The zero-order chi connectivity index (χ0) is 12.1. The van der Waals surface area contributed by atoms with Crippen molar-refractivity contribution >= 4 is 21.9 Å². The molecule has 0 heterocycles. The molecule has 0 saturated carbocycles. The topological polar surface area (TPSA) is 26.3 Å². The van der Waals surface area contributed by atoms with Crippen molar-refractivity contribution < 1.29 is 13.9 Å². The molecular formula is C12H14BrFO2. The molecule has 16 heavy (non-hydrogen) atoms. The smallest absolute Gasteiger partial charge is 0.313 e. The van der Waals surface area contributed by atoms with Gasteiger partial charge in [0.15, 0.2) is 0 Å². The summed E-state index contributed by atoms with van der Waals surface area (Å²) in [6.45, 7) is 3.97. The number of hydrogen-bond acceptors (Lipinski definition) is 2. The number of halogens is 2. The number of carbonyl (C=O) groups is 1. The fraction of sp³-hybridized carbons (Fsp3) is 0.417. The molecule has 1 rings (SSSR count). The van der Waals surface area contributed by atoms with Gasteiger partial charge in [0.1, 0.15) is 5.82 Å². The van der Waals surface area contributed by atoms with Crippen LogP contribution in [0.2, 0.25) is 0 Å². The van der Waals surface area contributed by atoms with Gasteiger partial charge >= 0.3 is 5.97 Å². The van der Waals surface area contributed by atoms with E-state index in [9.17, 15) is 9.18 Å². The van der Waals surface area contributed by atoms with Crippen LogP contribution in [0.3, 0.4) is 0 Å². The van der Waals surface area contributed by atoms with Gasteiger partial charge in [0.2, 0.25) is 0 Å². The Morgan fingerprint density at radius 3 is 2.69 bits per heavy atom. The van der Waals surface area contributed by atoms with Gasteiger partial charge in [-0.3, -0.25) is 4.79 Å². The molecule has 0 radical (unpaired) electrons. The first-order valence-electron chi connectivity index (χ1n) is 5.21. The molecule has 1 atom stereocenters. The molecule has 0 saturated heterocycles. The van der Waals surface area contributed by atoms with Crippen LogP contribution in [0, 0.1) is 5.82 Å². The van der Waals surface area contributed by atoms with E-state index in [1.165, 1.54) is 6.07 Å². The number of esters is 1. The van der Waals surface area contributed by atoms with Crippen LogP contribution in [0.25, 0.3) is 0 Å². The number of ether oxygens (including phenoxy) is 1. The predicted octanol–water partition coefficient (Wildman–Crippen LogP) is 3.64. The summed E-state index contributed by atoms with van der Waals surface area (Å²) in [4.78, 5) is 11.6. The molecule has 4 heteroatoms. The first-order chi connectivity index (χ1) is 7.60. The normalized spacial score (nSPS) is 12.2. The molecule has 1 unspecified atom stereocenters. The van der Waals surface area contributed by atoms with Gasteiger partial charge in [-0.25, -0.2) is 4.39 Å². The predicted molar refractivity (Wildman–Crippen MR) is 63.8 cm³/mol. The van der Waals surface area contributed by atoms with Gasteiger partial charge < -0.3 is 4.74 Å². The van der Waals surface area contributed by atoms with Gasteiger partial charge in [-0.2, -0.15) is 0 Å². The lowest BCUT2D eigenvalue weighted by molar-refractivity contribution is -0.145. The Morgan fingerprint density at radius 1 is 1.50 bits per heavy atom. The van der Waals surface area contributed by atoms with Crippen molar-refractivity contribution in [1.82, 2.24) is 0 Å². The summed E-state index contributed by atoms with van der Waals surface area (Å²) in [5, 5.41) is 0. The van der Waals surface area contributed by atoms with Gasteiger partial charge in [-0.05, 0) is 47.0 Å². The van der Waals surface area contributed by atoms with E-state index in [2.05, 4.69) is 15.9 Å². The van der Waals surface area contributed by atoms with Crippen LogP contribution in [0.1, 0.15) is 31.7 Å². The Bertz CT molecular complexity index is 379. The average Bonchev–Trinajstić information content (AvgIpc) is 2.25. The molecular weight excluding hydrogens is 275 g/mol. The van der Waals surface area contributed by atoms with Crippen molar-refractivity contribution in [2.75, 3.05) is 6.61 Å². The van der Waals surface area contributed by atoms with Gasteiger partial charge in [-0.1, -0.05) is 13.0 Å². The van der Waals surface area contributed by atoms with Gasteiger partial charge in [0.05, 0.1) is 17.0 Å². The Balaban J connectivity index is 2.95. The van der Waals surface area contributed by atoms with Crippen molar-refractivity contribution in [2.24, 2.45) is 0 Å². The van der Waals surface area contributed by atoms with E-state index in [-0.39, 0.29) is 17.7 Å². The molecule has 0 aliphatic rings. The fourth-order valence-electron chi connectivity index (χ4n) is 1.51. The highest BCUT2D eigenvalue weighted by Crippen LogP contribution is 2.25. The largest absolute Gasteiger partial charge is 0.466 e. The Hall–Kier alpha value is -0.900. The van der Waals surface area contributed by atoms with Gasteiger partial charge in [0.25, 0.3) is 0 Å². The monoisotopic (exact) mass is 288 g/mol. The van der Waals surface area contributed by atoms with E-state index >= 15 is 0 Å². The average molecular weight is 289 g/mol. The standard InChI is InChI=1S/C12H14BrFO2/c1-3-9(12(15)16-4-2)8-5-6-10(13)11(14)7-8/h5-7,9H,3-4H2,1-2H3. The molecule has 0 fully saturated rings. The van der Waals surface area contributed by atoms with Crippen molar-refractivity contribution in [1.29, 1.82) is 0 Å². The summed E-state index contributed by atoms with van der Waals surface area (Å²) in [5.74, 6) is -1.05. The van der Waals surface area contributed by atoms with Crippen LogP contribution >= 0.6 is 15.9 Å². The summed E-state index contributed by atoms with van der Waals surface area (Å²) in [6.07, 6.45) is 0.597. The third-order valence-electron chi connectivity index (χ3n) is 2.33. The van der Waals surface area contributed by atoms with E-state index in [0.29, 0.717) is 23.1 Å². The number of hydrogen-bond donors (Lipinski definition) is 0. The van der Waals surface area contributed by atoms with E-state index in [4.69, 9.17) is 4.74 Å². The molecule has 0 aliphatic heterocycles. The van der Waals surface area contributed by atoms with Gasteiger partial charge in [0, 0.05) is 0 Å². The molecule has 0 amide bonds. The SMILES string of the molecule is CCOC(=O)C(CC)c1ccc(Br)c(F)c1. The Labute approximate surface area is 103 Å². The van der Waals surface area contributed by atoms with Crippen LogP contribution in [-0.2, 0) is 9.53 Å². The van der Waals surface area contributed by atoms with Crippen LogP contribution < -0.4 is 0 Å². The minimum atomic E-state index is -0.387. The lowest BCUT2D eigenvalue weighted by atomic mass is 9.97. The minimum Gasteiger partial charge on any atom is -0.466 e. The lowest BCUT2D eigenvalue weighted by Gasteiger charge is -2.14. The van der Waals surface area contributed by atoms with Crippen molar-refractivity contribution in [2.45, 2.75) is 26.2 Å². The zero-order valence-corrected chi connectivity index (χ0v) is 10.9. The molecule has 0 aromatic heterocycles. The lowest BCUT2D eigenvalue weighted by Crippen LogP contribution is -2.15. The van der Waals surface area contributed by atoms with Crippen molar-refractivity contribution in [3.05, 3.63) is 34.1 Å². The Morgan fingerprint density at radius 2 is 2.19 bits per heavy atom. The summed E-state index contributed by atoms with van der Waals surface area (Å²) < 4.78 is 18.7. The number of carbonyl (C=O) groups excluding carboxylic acids is 1. The highest BCUT2D eigenvalue weighted by Gasteiger charge is 2.20. The molecule has 1 aromatic carbocycles. The Kier molecular flexibility index (Phi) is 4.93. The molecule has 0 bridgehead atoms. The van der Waals surface area contributed by atoms with E-state index in [0.717, 1.165) is 0 Å². The highest BCUT2D eigenvalue weighted by atomic mass is 79.9. The molecule has 0 N–H and O–H groups in total. The number of rotatable bonds is 4. The maximum absolute atomic E-state index is 13.3.